The Labute approximate surface area is 256 Å². The number of halogens is 2. The molecule has 0 bridgehead atoms. The number of fused-ring (bicyclic) bond motifs is 4. The maximum absolute atomic E-state index is 15.2. The Morgan fingerprint density at radius 1 is 0.818 bits per heavy atom. The molecule has 232 valence electrons. The van der Waals surface area contributed by atoms with E-state index in [1.54, 1.807) is 46.2 Å². The molecule has 4 atom stereocenters. The molecule has 2 spiro atoms. The first kappa shape index (κ1) is 30.2. The molecule has 3 aliphatic rings. The predicted molar refractivity (Wildman–Crippen MR) is 163 cm³/mol. The zero-order valence-corrected chi connectivity index (χ0v) is 25.5. The van der Waals surface area contributed by atoms with Crippen LogP contribution in [0.4, 0.5) is 20.2 Å². The number of anilines is 2. The van der Waals surface area contributed by atoms with E-state index in [2.05, 4.69) is 0 Å². The zero-order chi connectivity index (χ0) is 31.4. The molecule has 3 aromatic carbocycles. The lowest BCUT2D eigenvalue weighted by Gasteiger charge is -2.42. The molecule has 0 aromatic heterocycles. The van der Waals surface area contributed by atoms with Gasteiger partial charge in [0.15, 0.2) is 0 Å². The second kappa shape index (κ2) is 11.0. The number of carbonyl (C=O) groups is 2. The van der Waals surface area contributed by atoms with Gasteiger partial charge in [0, 0.05) is 31.6 Å². The van der Waals surface area contributed by atoms with Gasteiger partial charge < -0.3 is 24.4 Å². The number of ether oxygens (including phenoxy) is 2. The van der Waals surface area contributed by atoms with Crippen molar-refractivity contribution in [3.63, 3.8) is 0 Å². The van der Waals surface area contributed by atoms with E-state index in [1.807, 2.05) is 13.8 Å². The van der Waals surface area contributed by atoms with E-state index in [4.69, 9.17) is 9.47 Å². The van der Waals surface area contributed by atoms with Crippen molar-refractivity contribution in [1.29, 1.82) is 0 Å². The predicted octanol–water partition coefficient (Wildman–Crippen LogP) is 5.75. The van der Waals surface area contributed by atoms with E-state index in [9.17, 15) is 9.90 Å². The second-order valence-corrected chi connectivity index (χ2v) is 12.1. The van der Waals surface area contributed by atoms with Crippen LogP contribution >= 0.6 is 0 Å². The Kier molecular flexibility index (Phi) is 7.53. The number of benzene rings is 3. The zero-order valence-electron chi connectivity index (χ0n) is 25.5. The van der Waals surface area contributed by atoms with E-state index < -0.39 is 40.1 Å². The molecule has 1 N–H and O–H groups in total. The SMILES string of the molecule is CCCCN1C(=O)C2(CC3(C(=O)N(CCCC)c4ccc(F)cc43)C(O)(c3ccc(OC)cc3)C2OC)c2cc(F)ccc21. The van der Waals surface area contributed by atoms with Crippen LogP contribution in [-0.2, 0) is 30.8 Å². The van der Waals surface area contributed by atoms with Crippen molar-refractivity contribution < 1.29 is 33.0 Å². The Morgan fingerprint density at radius 2 is 1.36 bits per heavy atom. The molecule has 0 radical (unpaired) electrons. The molecule has 9 heteroatoms. The molecule has 3 aromatic rings. The highest BCUT2D eigenvalue weighted by Crippen LogP contribution is 2.69. The highest BCUT2D eigenvalue weighted by atomic mass is 19.1. The lowest BCUT2D eigenvalue weighted by molar-refractivity contribution is -0.153. The van der Waals surface area contributed by atoms with Crippen molar-refractivity contribution in [2.24, 2.45) is 0 Å². The molecular formula is C35H38F2N2O5. The van der Waals surface area contributed by atoms with Gasteiger partial charge in [-0.15, -0.1) is 0 Å². The first-order chi connectivity index (χ1) is 21.1. The number of unbranched alkanes of at least 4 members (excludes halogenated alkanes) is 2. The molecule has 44 heavy (non-hydrogen) atoms. The monoisotopic (exact) mass is 604 g/mol. The largest absolute Gasteiger partial charge is 0.497 e. The van der Waals surface area contributed by atoms with Crippen molar-refractivity contribution in [3.05, 3.63) is 89.0 Å². The van der Waals surface area contributed by atoms with Crippen molar-refractivity contribution in [3.8, 4) is 5.75 Å². The molecule has 1 fully saturated rings. The van der Waals surface area contributed by atoms with Crippen LogP contribution in [-0.4, -0.2) is 50.3 Å². The summed E-state index contributed by atoms with van der Waals surface area (Å²) in [7, 11) is 2.91. The van der Waals surface area contributed by atoms with Crippen LogP contribution < -0.4 is 14.5 Å². The summed E-state index contributed by atoms with van der Waals surface area (Å²) in [6, 6.07) is 15.0. The summed E-state index contributed by atoms with van der Waals surface area (Å²) in [4.78, 5) is 33.1. The van der Waals surface area contributed by atoms with Gasteiger partial charge in [-0.25, -0.2) is 8.78 Å². The van der Waals surface area contributed by atoms with Gasteiger partial charge in [0.2, 0.25) is 11.8 Å². The van der Waals surface area contributed by atoms with Crippen LogP contribution in [0.15, 0.2) is 60.7 Å². The minimum absolute atomic E-state index is 0.239. The summed E-state index contributed by atoms with van der Waals surface area (Å²) in [5.74, 6) is -1.42. The molecule has 1 saturated carbocycles. The lowest BCUT2D eigenvalue weighted by atomic mass is 9.66. The van der Waals surface area contributed by atoms with E-state index in [1.165, 1.54) is 38.5 Å². The molecule has 1 aliphatic carbocycles. The Bertz CT molecular complexity index is 1610. The summed E-state index contributed by atoms with van der Waals surface area (Å²) in [6.07, 6.45) is 1.42. The van der Waals surface area contributed by atoms with Gasteiger partial charge in [-0.05, 0) is 84.5 Å². The fourth-order valence-corrected chi connectivity index (χ4v) is 7.99. The molecule has 6 rings (SSSR count). The first-order valence-electron chi connectivity index (χ1n) is 15.3. The molecule has 4 unspecified atom stereocenters. The van der Waals surface area contributed by atoms with Gasteiger partial charge in [-0.3, -0.25) is 9.59 Å². The van der Waals surface area contributed by atoms with Crippen LogP contribution in [0.2, 0.25) is 0 Å². The highest BCUT2D eigenvalue weighted by molar-refractivity contribution is 6.14. The third-order valence-corrected chi connectivity index (χ3v) is 9.93. The van der Waals surface area contributed by atoms with E-state index in [-0.39, 0.29) is 17.9 Å². The number of methoxy groups -OCH3 is 2. The third-order valence-electron chi connectivity index (χ3n) is 9.93. The number of amides is 2. The van der Waals surface area contributed by atoms with Crippen LogP contribution in [0.5, 0.6) is 5.75 Å². The molecule has 0 saturated heterocycles. The Morgan fingerprint density at radius 3 is 1.91 bits per heavy atom. The quantitative estimate of drug-likeness (QED) is 0.337. The highest BCUT2D eigenvalue weighted by Gasteiger charge is 2.80. The van der Waals surface area contributed by atoms with Crippen molar-refractivity contribution >= 4 is 23.2 Å². The van der Waals surface area contributed by atoms with Crippen LogP contribution in [0.3, 0.4) is 0 Å². The van der Waals surface area contributed by atoms with Crippen LogP contribution in [0.1, 0.15) is 62.6 Å². The molecule has 2 heterocycles. The fraction of sp³-hybridized carbons (Fsp3) is 0.429. The topological polar surface area (TPSA) is 79.3 Å². The summed E-state index contributed by atoms with van der Waals surface area (Å²) in [6.45, 7) is 4.75. The fourth-order valence-electron chi connectivity index (χ4n) is 7.99. The maximum Gasteiger partial charge on any atom is 0.241 e. The summed E-state index contributed by atoms with van der Waals surface area (Å²) in [5, 5.41) is 13.4. The summed E-state index contributed by atoms with van der Waals surface area (Å²) < 4.78 is 41.8. The standard InChI is InChI=1S/C35H38F2N2O5/c1-5-7-17-38-28-15-11-23(36)19-26(28)33(31(38)40)21-34(35(42,30(33)44-4)22-9-13-25(43-3)14-10-22)27-20-24(37)12-16-29(27)39(32(34)41)18-8-6-2/h9-16,19-20,30,42H,5-8,17-18,21H2,1-4H3. The van der Waals surface area contributed by atoms with Gasteiger partial charge in [0.1, 0.15) is 39.9 Å². The Hall–Kier alpha value is -3.82. The number of hydrogen-bond donors (Lipinski definition) is 1. The average molecular weight is 605 g/mol. The van der Waals surface area contributed by atoms with Gasteiger partial charge >= 0.3 is 0 Å². The number of aliphatic hydroxyl groups is 1. The maximum atomic E-state index is 15.2. The minimum Gasteiger partial charge on any atom is -0.497 e. The number of hydrogen-bond acceptors (Lipinski definition) is 5. The van der Waals surface area contributed by atoms with Crippen molar-refractivity contribution in [1.82, 2.24) is 0 Å². The first-order valence-corrected chi connectivity index (χ1v) is 15.3. The second-order valence-electron chi connectivity index (χ2n) is 12.1. The van der Waals surface area contributed by atoms with Crippen LogP contribution in [0, 0.1) is 11.6 Å². The van der Waals surface area contributed by atoms with E-state index in [0.29, 0.717) is 54.2 Å². The van der Waals surface area contributed by atoms with Gasteiger partial charge in [0.05, 0.1) is 7.11 Å². The smallest absolute Gasteiger partial charge is 0.241 e. The minimum atomic E-state index is -2.17. The molecule has 7 nitrogen and oxygen atoms in total. The average Bonchev–Trinajstić information content (AvgIpc) is 3.51. The van der Waals surface area contributed by atoms with Gasteiger partial charge in [-0.2, -0.15) is 0 Å². The van der Waals surface area contributed by atoms with E-state index in [0.717, 1.165) is 12.8 Å². The summed E-state index contributed by atoms with van der Waals surface area (Å²) >= 11 is 0. The Balaban J connectivity index is 1.70. The van der Waals surface area contributed by atoms with Crippen molar-refractivity contribution in [2.45, 2.75) is 68.5 Å². The molecule has 2 amide bonds. The third kappa shape index (κ3) is 3.84. The lowest BCUT2D eigenvalue weighted by Crippen LogP contribution is -2.58. The molecule has 2 aliphatic heterocycles. The van der Waals surface area contributed by atoms with Crippen molar-refractivity contribution in [2.75, 3.05) is 37.1 Å². The normalized spacial score (nSPS) is 27.1. The van der Waals surface area contributed by atoms with E-state index >= 15 is 13.6 Å². The number of carbonyl (C=O) groups excluding carboxylic acids is 2. The number of rotatable bonds is 9. The van der Waals surface area contributed by atoms with Gasteiger partial charge in [0.25, 0.3) is 0 Å². The molecular weight excluding hydrogens is 566 g/mol. The van der Waals surface area contributed by atoms with Gasteiger partial charge in [-0.1, -0.05) is 38.8 Å². The summed E-state index contributed by atoms with van der Waals surface area (Å²) in [5.41, 5.74) is -3.72. The van der Waals surface area contributed by atoms with Crippen LogP contribution in [0.25, 0.3) is 0 Å². The number of nitrogens with zero attached hydrogens (tertiary/aromatic N) is 2.